The van der Waals surface area contributed by atoms with Crippen LogP contribution in [0.25, 0.3) is 0 Å². The average Bonchev–Trinajstić information content (AvgIpc) is 2.38. The van der Waals surface area contributed by atoms with Crippen molar-refractivity contribution in [2.45, 2.75) is 26.0 Å². The summed E-state index contributed by atoms with van der Waals surface area (Å²) in [5.41, 5.74) is -0.0595. The third kappa shape index (κ3) is 6.29. The molecule has 1 aromatic carbocycles. The van der Waals surface area contributed by atoms with Gasteiger partial charge in [0.25, 0.3) is 0 Å². The van der Waals surface area contributed by atoms with Crippen molar-refractivity contribution >= 4 is 27.6 Å². The van der Waals surface area contributed by atoms with Crippen LogP contribution in [0, 0.1) is 17.7 Å². The van der Waals surface area contributed by atoms with E-state index in [1.165, 1.54) is 12.1 Å². The van der Waals surface area contributed by atoms with Crippen LogP contribution in [0.2, 0.25) is 5.02 Å². The van der Waals surface area contributed by atoms with Gasteiger partial charge in [-0.15, -0.1) is 0 Å². The standard InChI is InChI=1S/C14H19ClFNO4S/c1-9(2)5-10(14(18)19)7-17-22(20,21)8-11-6-12(15)3-4-13(11)16/h3-4,6,9-10,17H,5,7-8H2,1-2H3,(H,18,19). The van der Waals surface area contributed by atoms with Crippen LogP contribution in [0.15, 0.2) is 18.2 Å². The Morgan fingerprint density at radius 1 is 1.41 bits per heavy atom. The number of aliphatic carboxylic acids is 1. The number of rotatable bonds is 8. The molecule has 0 saturated heterocycles. The molecular weight excluding hydrogens is 333 g/mol. The van der Waals surface area contributed by atoms with Gasteiger partial charge < -0.3 is 5.11 Å². The van der Waals surface area contributed by atoms with E-state index < -0.39 is 33.5 Å². The van der Waals surface area contributed by atoms with Crippen LogP contribution in [-0.2, 0) is 20.6 Å². The number of nitrogens with one attached hydrogen (secondary N) is 1. The molecule has 5 nitrogen and oxygen atoms in total. The van der Waals surface area contributed by atoms with Gasteiger partial charge in [0.2, 0.25) is 10.0 Å². The van der Waals surface area contributed by atoms with Gasteiger partial charge in [0.1, 0.15) is 5.82 Å². The normalized spacial score (nSPS) is 13.3. The zero-order valence-corrected chi connectivity index (χ0v) is 13.9. The summed E-state index contributed by atoms with van der Waals surface area (Å²) in [5, 5.41) is 9.31. The molecule has 1 rings (SSSR count). The van der Waals surface area contributed by atoms with Crippen LogP contribution in [0.4, 0.5) is 4.39 Å². The van der Waals surface area contributed by atoms with E-state index in [1.807, 2.05) is 13.8 Å². The topological polar surface area (TPSA) is 83.5 Å². The van der Waals surface area contributed by atoms with Crippen molar-refractivity contribution in [3.63, 3.8) is 0 Å². The predicted molar refractivity (Wildman–Crippen MR) is 82.6 cm³/mol. The van der Waals surface area contributed by atoms with Crippen LogP contribution >= 0.6 is 11.6 Å². The van der Waals surface area contributed by atoms with Crippen LogP contribution < -0.4 is 4.72 Å². The number of hydrogen-bond donors (Lipinski definition) is 2. The first-order chi connectivity index (χ1) is 10.1. The van der Waals surface area contributed by atoms with E-state index in [-0.39, 0.29) is 23.0 Å². The second-order valence-corrected chi connectivity index (χ2v) is 7.75. The lowest BCUT2D eigenvalue weighted by molar-refractivity contribution is -0.142. The van der Waals surface area contributed by atoms with Crippen molar-refractivity contribution in [3.05, 3.63) is 34.6 Å². The fourth-order valence-corrected chi connectivity index (χ4v) is 3.36. The quantitative estimate of drug-likeness (QED) is 0.754. The molecule has 1 atom stereocenters. The Kier molecular flexibility index (Phi) is 6.77. The second-order valence-electron chi connectivity index (χ2n) is 5.51. The van der Waals surface area contributed by atoms with E-state index in [0.717, 1.165) is 6.07 Å². The molecule has 0 aromatic heterocycles. The smallest absolute Gasteiger partial charge is 0.307 e. The van der Waals surface area contributed by atoms with Crippen molar-refractivity contribution in [2.75, 3.05) is 6.54 Å². The third-order valence-electron chi connectivity index (χ3n) is 3.01. The summed E-state index contributed by atoms with van der Waals surface area (Å²) < 4.78 is 39.7. The van der Waals surface area contributed by atoms with E-state index >= 15 is 0 Å². The maximum Gasteiger partial charge on any atom is 0.307 e. The molecule has 2 N–H and O–H groups in total. The molecule has 22 heavy (non-hydrogen) atoms. The largest absolute Gasteiger partial charge is 0.481 e. The van der Waals surface area contributed by atoms with Crippen molar-refractivity contribution < 1.29 is 22.7 Å². The van der Waals surface area contributed by atoms with Crippen molar-refractivity contribution in [1.82, 2.24) is 4.72 Å². The lowest BCUT2D eigenvalue weighted by atomic mass is 9.98. The summed E-state index contributed by atoms with van der Waals surface area (Å²) in [7, 11) is -3.85. The van der Waals surface area contributed by atoms with Gasteiger partial charge >= 0.3 is 5.97 Å². The molecule has 0 saturated carbocycles. The molecule has 0 bridgehead atoms. The van der Waals surface area contributed by atoms with Gasteiger partial charge in [0.05, 0.1) is 11.7 Å². The highest BCUT2D eigenvalue weighted by Gasteiger charge is 2.22. The molecule has 0 amide bonds. The molecule has 0 aliphatic carbocycles. The molecule has 0 aliphatic rings. The summed E-state index contributed by atoms with van der Waals surface area (Å²) in [4.78, 5) is 11.1. The molecule has 0 fully saturated rings. The van der Waals surface area contributed by atoms with Gasteiger partial charge in [-0.05, 0) is 30.5 Å². The minimum Gasteiger partial charge on any atom is -0.481 e. The summed E-state index contributed by atoms with van der Waals surface area (Å²) >= 11 is 5.71. The number of halogens is 2. The molecule has 8 heteroatoms. The van der Waals surface area contributed by atoms with E-state index in [0.29, 0.717) is 6.42 Å². The van der Waals surface area contributed by atoms with Gasteiger partial charge in [-0.3, -0.25) is 4.79 Å². The van der Waals surface area contributed by atoms with Crippen molar-refractivity contribution in [1.29, 1.82) is 0 Å². The molecule has 1 unspecified atom stereocenters. The van der Waals surface area contributed by atoms with E-state index in [2.05, 4.69) is 4.72 Å². The van der Waals surface area contributed by atoms with E-state index in [9.17, 15) is 17.6 Å². The Hall–Kier alpha value is -1.18. The Bertz CT molecular complexity index is 634. The molecule has 124 valence electrons. The lowest BCUT2D eigenvalue weighted by Crippen LogP contribution is -2.34. The molecular formula is C14H19ClFNO4S. The van der Waals surface area contributed by atoms with Gasteiger partial charge in [-0.1, -0.05) is 25.4 Å². The summed E-state index contributed by atoms with van der Waals surface area (Å²) in [5.74, 6) is -3.03. The van der Waals surface area contributed by atoms with Gasteiger partial charge in [-0.25, -0.2) is 17.5 Å². The Labute approximate surface area is 134 Å². The zero-order chi connectivity index (χ0) is 16.9. The fourth-order valence-electron chi connectivity index (χ4n) is 1.98. The number of sulfonamides is 1. The predicted octanol–water partition coefficient (Wildman–Crippen LogP) is 2.65. The molecule has 1 aromatic rings. The summed E-state index contributed by atoms with van der Waals surface area (Å²) in [6, 6.07) is 3.65. The molecule has 0 heterocycles. The number of carboxylic acid groups (broad SMARTS) is 1. The first kappa shape index (κ1) is 18.9. The van der Waals surface area contributed by atoms with Crippen LogP contribution in [0.1, 0.15) is 25.8 Å². The molecule has 0 spiro atoms. The maximum absolute atomic E-state index is 13.6. The van der Waals surface area contributed by atoms with Crippen molar-refractivity contribution in [2.24, 2.45) is 11.8 Å². The fraction of sp³-hybridized carbons (Fsp3) is 0.500. The third-order valence-corrected chi connectivity index (χ3v) is 4.54. The SMILES string of the molecule is CC(C)CC(CNS(=O)(=O)Cc1cc(Cl)ccc1F)C(=O)O. The highest BCUT2D eigenvalue weighted by atomic mass is 35.5. The minimum absolute atomic E-state index is 0.0595. The van der Waals surface area contributed by atoms with Crippen LogP contribution in [0.5, 0.6) is 0 Å². The first-order valence-electron chi connectivity index (χ1n) is 6.75. The highest BCUT2D eigenvalue weighted by molar-refractivity contribution is 7.88. The second kappa shape index (κ2) is 7.89. The van der Waals surface area contributed by atoms with E-state index in [1.54, 1.807) is 0 Å². The van der Waals surface area contributed by atoms with Gasteiger partial charge in [-0.2, -0.15) is 0 Å². The molecule has 0 radical (unpaired) electrons. The summed E-state index contributed by atoms with van der Waals surface area (Å²) in [6.07, 6.45) is 0.351. The first-order valence-corrected chi connectivity index (χ1v) is 8.78. The highest BCUT2D eigenvalue weighted by Crippen LogP contribution is 2.17. The monoisotopic (exact) mass is 351 g/mol. The zero-order valence-electron chi connectivity index (χ0n) is 12.3. The number of hydrogen-bond acceptors (Lipinski definition) is 3. The Morgan fingerprint density at radius 2 is 2.05 bits per heavy atom. The lowest BCUT2D eigenvalue weighted by Gasteiger charge is -2.15. The maximum atomic E-state index is 13.6. The molecule has 0 aliphatic heterocycles. The minimum atomic E-state index is -3.85. The van der Waals surface area contributed by atoms with E-state index in [4.69, 9.17) is 16.7 Å². The summed E-state index contributed by atoms with van der Waals surface area (Å²) in [6.45, 7) is 3.48. The number of carboxylic acids is 1. The van der Waals surface area contributed by atoms with Gasteiger partial charge in [0, 0.05) is 17.1 Å². The average molecular weight is 352 g/mol. The number of benzene rings is 1. The van der Waals surface area contributed by atoms with Crippen LogP contribution in [0.3, 0.4) is 0 Å². The van der Waals surface area contributed by atoms with Gasteiger partial charge in [0.15, 0.2) is 0 Å². The van der Waals surface area contributed by atoms with Crippen LogP contribution in [-0.4, -0.2) is 26.0 Å². The Balaban J connectivity index is 2.74. The number of carbonyl (C=O) groups is 1. The van der Waals surface area contributed by atoms with Crippen molar-refractivity contribution in [3.8, 4) is 0 Å². The Morgan fingerprint density at radius 3 is 2.59 bits per heavy atom.